The first-order chi connectivity index (χ1) is 15.0. The molecule has 0 spiro atoms. The van der Waals surface area contributed by atoms with Crippen LogP contribution in [0.5, 0.6) is 5.75 Å². The first-order valence-corrected chi connectivity index (χ1v) is 10.5. The lowest BCUT2D eigenvalue weighted by Gasteiger charge is -2.13. The molecule has 0 bridgehead atoms. The number of ether oxygens (including phenoxy) is 1. The van der Waals surface area contributed by atoms with Crippen molar-refractivity contribution < 1.29 is 9.53 Å². The van der Waals surface area contributed by atoms with Crippen LogP contribution in [0, 0.1) is 0 Å². The van der Waals surface area contributed by atoms with E-state index in [1.807, 2.05) is 68.4 Å². The topological polar surface area (TPSA) is 68.5 Å². The van der Waals surface area contributed by atoms with Crippen LogP contribution in [0.4, 0.5) is 0 Å². The molecule has 2 aromatic carbocycles. The van der Waals surface area contributed by atoms with Gasteiger partial charge in [0.1, 0.15) is 11.4 Å². The van der Waals surface area contributed by atoms with Crippen LogP contribution in [0.3, 0.4) is 0 Å². The number of methoxy groups -OCH3 is 1. The first-order valence-electron chi connectivity index (χ1n) is 10.1. The molecule has 0 aliphatic rings. The lowest BCUT2D eigenvalue weighted by atomic mass is 10.1. The number of hydrogen-bond acceptors (Lipinski definition) is 4. The molecule has 2 aromatic heterocycles. The molecule has 4 aromatic rings. The Kier molecular flexibility index (Phi) is 5.91. The summed E-state index contributed by atoms with van der Waals surface area (Å²) in [5, 5.41) is 8.34. The van der Waals surface area contributed by atoms with Crippen LogP contribution in [0.2, 0.25) is 5.02 Å². The van der Waals surface area contributed by atoms with Crippen LogP contribution in [0.25, 0.3) is 28.2 Å². The Labute approximate surface area is 185 Å². The van der Waals surface area contributed by atoms with E-state index in [0.717, 1.165) is 23.3 Å². The molecule has 1 amide bonds. The van der Waals surface area contributed by atoms with Crippen LogP contribution in [-0.2, 0) is 0 Å². The van der Waals surface area contributed by atoms with Crippen molar-refractivity contribution >= 4 is 23.2 Å². The van der Waals surface area contributed by atoms with Gasteiger partial charge in [0.25, 0.3) is 5.91 Å². The maximum atomic E-state index is 13.1. The van der Waals surface area contributed by atoms with Crippen molar-refractivity contribution in [2.45, 2.75) is 26.3 Å². The van der Waals surface area contributed by atoms with Crippen molar-refractivity contribution in [2.75, 3.05) is 7.11 Å². The highest BCUT2D eigenvalue weighted by molar-refractivity contribution is 6.30. The third-order valence-corrected chi connectivity index (χ3v) is 5.43. The van der Waals surface area contributed by atoms with Gasteiger partial charge in [-0.15, -0.1) is 0 Å². The fourth-order valence-corrected chi connectivity index (χ4v) is 3.33. The summed E-state index contributed by atoms with van der Waals surface area (Å²) in [7, 11) is 1.63. The molecule has 0 aliphatic carbocycles. The molecular weight excluding hydrogens is 412 g/mol. The van der Waals surface area contributed by atoms with Crippen LogP contribution >= 0.6 is 11.6 Å². The summed E-state index contributed by atoms with van der Waals surface area (Å²) < 4.78 is 6.84. The number of amides is 1. The van der Waals surface area contributed by atoms with E-state index < -0.39 is 0 Å². The Morgan fingerprint density at radius 1 is 1.06 bits per heavy atom. The maximum absolute atomic E-state index is 13.1. The van der Waals surface area contributed by atoms with Crippen molar-refractivity contribution in [1.82, 2.24) is 19.9 Å². The van der Waals surface area contributed by atoms with E-state index in [-0.39, 0.29) is 11.9 Å². The normalized spacial score (nSPS) is 12.0. The summed E-state index contributed by atoms with van der Waals surface area (Å²) in [6.07, 6.45) is 0.834. The number of rotatable bonds is 6. The van der Waals surface area contributed by atoms with Gasteiger partial charge >= 0.3 is 0 Å². The van der Waals surface area contributed by atoms with Gasteiger partial charge in [0.2, 0.25) is 0 Å². The molecule has 0 saturated heterocycles. The van der Waals surface area contributed by atoms with Gasteiger partial charge in [0, 0.05) is 28.3 Å². The Bertz CT molecular complexity index is 1220. The molecule has 1 atom stereocenters. The maximum Gasteiger partial charge on any atom is 0.270 e. The van der Waals surface area contributed by atoms with Gasteiger partial charge in [-0.05, 0) is 55.8 Å². The zero-order chi connectivity index (χ0) is 22.0. The predicted octanol–water partition coefficient (Wildman–Crippen LogP) is 5.25. The standard InChI is InChI=1S/C24H23ClN4O2/c1-4-15(2)26-24(30)22-13-20(16-7-11-19(31-3)12-8-16)27-23-14-21(28-29(22)23)17-5-9-18(25)10-6-17/h5-15H,4H2,1-3H3,(H,26,30)/t15-/m0/s1. The molecule has 158 valence electrons. The number of nitrogens with zero attached hydrogens (tertiary/aromatic N) is 3. The molecule has 7 heteroatoms. The molecular formula is C24H23ClN4O2. The average molecular weight is 435 g/mol. The minimum Gasteiger partial charge on any atom is -0.497 e. The molecule has 0 aliphatic heterocycles. The zero-order valence-electron chi connectivity index (χ0n) is 17.6. The van der Waals surface area contributed by atoms with Crippen molar-refractivity contribution in [3.05, 3.63) is 71.4 Å². The van der Waals surface area contributed by atoms with Crippen LogP contribution in [0.15, 0.2) is 60.7 Å². The number of halogens is 1. The van der Waals surface area contributed by atoms with Crippen molar-refractivity contribution in [2.24, 2.45) is 0 Å². The lowest BCUT2D eigenvalue weighted by molar-refractivity contribution is 0.0931. The number of carbonyl (C=O) groups is 1. The van der Waals surface area contributed by atoms with Crippen molar-refractivity contribution in [3.63, 3.8) is 0 Å². The summed E-state index contributed by atoms with van der Waals surface area (Å²) in [6, 6.07) is 18.7. The van der Waals surface area contributed by atoms with Crippen LogP contribution in [0.1, 0.15) is 30.8 Å². The van der Waals surface area contributed by atoms with Crippen molar-refractivity contribution in [1.29, 1.82) is 0 Å². The van der Waals surface area contributed by atoms with Gasteiger partial charge in [0.05, 0.1) is 18.5 Å². The molecule has 1 N–H and O–H groups in total. The fourth-order valence-electron chi connectivity index (χ4n) is 3.21. The first kappa shape index (κ1) is 20.9. The predicted molar refractivity (Wildman–Crippen MR) is 123 cm³/mol. The third-order valence-electron chi connectivity index (χ3n) is 5.18. The van der Waals surface area contributed by atoms with E-state index in [2.05, 4.69) is 10.4 Å². The van der Waals surface area contributed by atoms with Crippen molar-refractivity contribution in [3.8, 4) is 28.3 Å². The molecule has 2 heterocycles. The number of carbonyl (C=O) groups excluding carboxylic acids is 1. The van der Waals surface area contributed by atoms with E-state index in [0.29, 0.717) is 27.8 Å². The highest BCUT2D eigenvalue weighted by Gasteiger charge is 2.18. The number of fused-ring (bicyclic) bond motifs is 1. The minimum atomic E-state index is -0.192. The molecule has 31 heavy (non-hydrogen) atoms. The Balaban J connectivity index is 1.85. The van der Waals surface area contributed by atoms with E-state index in [4.69, 9.17) is 21.3 Å². The van der Waals surface area contributed by atoms with Crippen LogP contribution < -0.4 is 10.1 Å². The Hall–Kier alpha value is -3.38. The highest BCUT2D eigenvalue weighted by atomic mass is 35.5. The highest BCUT2D eigenvalue weighted by Crippen LogP contribution is 2.26. The Morgan fingerprint density at radius 2 is 1.71 bits per heavy atom. The summed E-state index contributed by atoms with van der Waals surface area (Å²) in [5.41, 5.74) is 4.20. The molecule has 6 nitrogen and oxygen atoms in total. The van der Waals surface area contributed by atoms with Gasteiger partial charge in [-0.25, -0.2) is 9.50 Å². The molecule has 0 unspecified atom stereocenters. The summed E-state index contributed by atoms with van der Waals surface area (Å²) in [6.45, 7) is 4.01. The number of hydrogen-bond donors (Lipinski definition) is 1. The minimum absolute atomic E-state index is 0.0476. The van der Waals surface area contributed by atoms with E-state index >= 15 is 0 Å². The SMILES string of the molecule is CC[C@H](C)NC(=O)c1cc(-c2ccc(OC)cc2)nc2cc(-c3ccc(Cl)cc3)nn12. The van der Waals surface area contributed by atoms with Gasteiger partial charge < -0.3 is 10.1 Å². The number of aromatic nitrogens is 3. The van der Waals surface area contributed by atoms with E-state index in [1.54, 1.807) is 17.7 Å². The zero-order valence-corrected chi connectivity index (χ0v) is 18.3. The van der Waals surface area contributed by atoms with E-state index in [1.165, 1.54) is 0 Å². The molecule has 0 fully saturated rings. The lowest BCUT2D eigenvalue weighted by Crippen LogP contribution is -2.33. The van der Waals surface area contributed by atoms with Gasteiger partial charge in [-0.2, -0.15) is 5.10 Å². The van der Waals surface area contributed by atoms with Gasteiger partial charge in [-0.3, -0.25) is 4.79 Å². The average Bonchev–Trinajstić information content (AvgIpc) is 3.23. The second kappa shape index (κ2) is 8.78. The van der Waals surface area contributed by atoms with Crippen LogP contribution in [-0.4, -0.2) is 33.7 Å². The third kappa shape index (κ3) is 4.39. The molecule has 0 radical (unpaired) electrons. The smallest absolute Gasteiger partial charge is 0.270 e. The van der Waals surface area contributed by atoms with Gasteiger partial charge in [0.15, 0.2) is 5.65 Å². The summed E-state index contributed by atoms with van der Waals surface area (Å²) in [4.78, 5) is 17.8. The monoisotopic (exact) mass is 434 g/mol. The second-order valence-corrected chi connectivity index (χ2v) is 7.78. The number of nitrogens with one attached hydrogen (secondary N) is 1. The fraction of sp³-hybridized carbons (Fsp3) is 0.208. The summed E-state index contributed by atoms with van der Waals surface area (Å²) in [5.74, 6) is 0.566. The van der Waals surface area contributed by atoms with Gasteiger partial charge in [-0.1, -0.05) is 30.7 Å². The number of benzene rings is 2. The summed E-state index contributed by atoms with van der Waals surface area (Å²) >= 11 is 6.02. The quantitative estimate of drug-likeness (QED) is 0.449. The largest absolute Gasteiger partial charge is 0.497 e. The molecule has 4 rings (SSSR count). The van der Waals surface area contributed by atoms with E-state index in [9.17, 15) is 4.79 Å². The second-order valence-electron chi connectivity index (χ2n) is 7.34. The molecule has 0 saturated carbocycles. The Morgan fingerprint density at radius 3 is 2.35 bits per heavy atom.